The standard InChI is InChI=1S/C11H19N3O2/c1-8(12-2)11-13-10(16-14-11)7-9-5-3-4-6-15-9/h8-9,12H,3-7H2,1-2H3. The van der Waals surface area contributed by atoms with Crippen LogP contribution in [-0.2, 0) is 11.2 Å². The van der Waals surface area contributed by atoms with Crippen molar-refractivity contribution >= 4 is 0 Å². The van der Waals surface area contributed by atoms with Crippen LogP contribution in [0.4, 0.5) is 0 Å². The Balaban J connectivity index is 1.91. The van der Waals surface area contributed by atoms with Gasteiger partial charge in [-0.2, -0.15) is 4.98 Å². The van der Waals surface area contributed by atoms with Gasteiger partial charge in [0, 0.05) is 6.61 Å². The lowest BCUT2D eigenvalue weighted by Crippen LogP contribution is -2.21. The Hall–Kier alpha value is -0.940. The van der Waals surface area contributed by atoms with Crippen LogP contribution in [0.3, 0.4) is 0 Å². The zero-order valence-electron chi connectivity index (χ0n) is 9.90. The van der Waals surface area contributed by atoms with Crippen molar-refractivity contribution < 1.29 is 9.26 Å². The molecule has 0 spiro atoms. The smallest absolute Gasteiger partial charge is 0.229 e. The summed E-state index contributed by atoms with van der Waals surface area (Å²) >= 11 is 0. The van der Waals surface area contributed by atoms with Gasteiger partial charge in [-0.1, -0.05) is 5.16 Å². The average Bonchev–Trinajstić information content (AvgIpc) is 2.78. The van der Waals surface area contributed by atoms with E-state index in [1.807, 2.05) is 14.0 Å². The first-order chi connectivity index (χ1) is 7.79. The van der Waals surface area contributed by atoms with Gasteiger partial charge in [0.1, 0.15) is 0 Å². The van der Waals surface area contributed by atoms with E-state index in [0.717, 1.165) is 19.4 Å². The minimum Gasteiger partial charge on any atom is -0.378 e. The second kappa shape index (κ2) is 5.41. The molecule has 0 saturated carbocycles. The third kappa shape index (κ3) is 2.80. The third-order valence-electron chi connectivity index (χ3n) is 2.98. The Morgan fingerprint density at radius 1 is 1.50 bits per heavy atom. The Morgan fingerprint density at radius 3 is 3.06 bits per heavy atom. The molecule has 1 fully saturated rings. The maximum Gasteiger partial charge on any atom is 0.229 e. The molecule has 5 heteroatoms. The van der Waals surface area contributed by atoms with Crippen molar-refractivity contribution in [2.75, 3.05) is 13.7 Å². The lowest BCUT2D eigenvalue weighted by molar-refractivity contribution is 0.0124. The summed E-state index contributed by atoms with van der Waals surface area (Å²) in [7, 11) is 1.88. The lowest BCUT2D eigenvalue weighted by Gasteiger charge is -2.20. The number of hydrogen-bond donors (Lipinski definition) is 1. The van der Waals surface area contributed by atoms with Crippen molar-refractivity contribution in [3.8, 4) is 0 Å². The largest absolute Gasteiger partial charge is 0.378 e. The first-order valence-electron chi connectivity index (χ1n) is 5.91. The predicted molar refractivity (Wildman–Crippen MR) is 59.1 cm³/mol. The Labute approximate surface area is 95.6 Å². The molecule has 0 amide bonds. The molecular formula is C11H19N3O2. The maximum absolute atomic E-state index is 5.63. The number of nitrogens with one attached hydrogen (secondary N) is 1. The van der Waals surface area contributed by atoms with Crippen molar-refractivity contribution in [2.24, 2.45) is 0 Å². The molecule has 1 aromatic heterocycles. The summed E-state index contributed by atoms with van der Waals surface area (Å²) in [6, 6.07) is 0.129. The molecule has 1 N–H and O–H groups in total. The van der Waals surface area contributed by atoms with E-state index in [0.29, 0.717) is 11.7 Å². The molecule has 2 heterocycles. The molecular weight excluding hydrogens is 206 g/mol. The average molecular weight is 225 g/mol. The molecule has 2 rings (SSSR count). The summed E-state index contributed by atoms with van der Waals surface area (Å²) in [5.74, 6) is 1.40. The number of hydrogen-bond acceptors (Lipinski definition) is 5. The summed E-state index contributed by atoms with van der Waals surface area (Å²) < 4.78 is 10.8. The highest BCUT2D eigenvalue weighted by Crippen LogP contribution is 2.17. The van der Waals surface area contributed by atoms with Gasteiger partial charge in [-0.3, -0.25) is 0 Å². The highest BCUT2D eigenvalue weighted by Gasteiger charge is 2.19. The molecule has 5 nitrogen and oxygen atoms in total. The van der Waals surface area contributed by atoms with Crippen molar-refractivity contribution in [3.63, 3.8) is 0 Å². The van der Waals surface area contributed by atoms with E-state index in [9.17, 15) is 0 Å². The van der Waals surface area contributed by atoms with Crippen LogP contribution in [0.1, 0.15) is 43.9 Å². The van der Waals surface area contributed by atoms with E-state index in [1.165, 1.54) is 12.8 Å². The number of rotatable bonds is 4. The van der Waals surface area contributed by atoms with Gasteiger partial charge in [-0.25, -0.2) is 0 Å². The molecule has 1 aliphatic heterocycles. The molecule has 1 saturated heterocycles. The fourth-order valence-electron chi connectivity index (χ4n) is 1.82. The minimum atomic E-state index is 0.129. The van der Waals surface area contributed by atoms with Gasteiger partial charge in [0.25, 0.3) is 0 Å². The van der Waals surface area contributed by atoms with Crippen LogP contribution < -0.4 is 5.32 Å². The second-order valence-corrected chi connectivity index (χ2v) is 4.25. The van der Waals surface area contributed by atoms with E-state index >= 15 is 0 Å². The van der Waals surface area contributed by atoms with Crippen molar-refractivity contribution in [3.05, 3.63) is 11.7 Å². The molecule has 1 aliphatic rings. The Bertz CT molecular complexity index is 321. The predicted octanol–water partition coefficient (Wildman–Crippen LogP) is 1.46. The molecule has 0 bridgehead atoms. The zero-order valence-corrected chi connectivity index (χ0v) is 9.90. The fraction of sp³-hybridized carbons (Fsp3) is 0.818. The van der Waals surface area contributed by atoms with E-state index in [-0.39, 0.29) is 12.1 Å². The van der Waals surface area contributed by atoms with E-state index in [1.54, 1.807) is 0 Å². The number of ether oxygens (including phenoxy) is 1. The summed E-state index contributed by atoms with van der Waals surface area (Å²) in [4.78, 5) is 4.35. The monoisotopic (exact) mass is 225 g/mol. The molecule has 0 aliphatic carbocycles. The van der Waals surface area contributed by atoms with E-state index in [4.69, 9.17) is 9.26 Å². The first kappa shape index (κ1) is 11.5. The SMILES string of the molecule is CNC(C)c1noc(CC2CCCCO2)n1. The summed E-state index contributed by atoms with van der Waals surface area (Å²) in [6.45, 7) is 2.87. The van der Waals surface area contributed by atoms with Crippen LogP contribution in [0.5, 0.6) is 0 Å². The van der Waals surface area contributed by atoms with Crippen molar-refractivity contribution in [2.45, 2.75) is 44.8 Å². The van der Waals surface area contributed by atoms with Crippen molar-refractivity contribution in [1.29, 1.82) is 0 Å². The quantitative estimate of drug-likeness (QED) is 0.840. The third-order valence-corrected chi connectivity index (χ3v) is 2.98. The van der Waals surface area contributed by atoms with Crippen molar-refractivity contribution in [1.82, 2.24) is 15.5 Å². The fourth-order valence-corrected chi connectivity index (χ4v) is 1.82. The molecule has 0 radical (unpaired) electrons. The van der Waals surface area contributed by atoms with Crippen LogP contribution in [-0.4, -0.2) is 29.9 Å². The van der Waals surface area contributed by atoms with Gasteiger partial charge < -0.3 is 14.6 Å². The lowest BCUT2D eigenvalue weighted by atomic mass is 10.1. The van der Waals surface area contributed by atoms with Gasteiger partial charge in [0.05, 0.1) is 18.6 Å². The van der Waals surface area contributed by atoms with Gasteiger partial charge in [0.15, 0.2) is 5.82 Å². The van der Waals surface area contributed by atoms with Crippen LogP contribution in [0.15, 0.2) is 4.52 Å². The number of nitrogens with zero attached hydrogens (tertiary/aromatic N) is 2. The van der Waals surface area contributed by atoms with Crippen LogP contribution in [0, 0.1) is 0 Å². The van der Waals surface area contributed by atoms with Crippen LogP contribution in [0.2, 0.25) is 0 Å². The first-order valence-corrected chi connectivity index (χ1v) is 5.91. The molecule has 90 valence electrons. The molecule has 2 atom stereocenters. The minimum absolute atomic E-state index is 0.129. The summed E-state index contributed by atoms with van der Waals surface area (Å²) in [5, 5.41) is 7.03. The normalized spacial score (nSPS) is 23.2. The Morgan fingerprint density at radius 2 is 2.38 bits per heavy atom. The van der Waals surface area contributed by atoms with E-state index in [2.05, 4.69) is 15.5 Å². The molecule has 1 aromatic rings. The highest BCUT2D eigenvalue weighted by atomic mass is 16.5. The second-order valence-electron chi connectivity index (χ2n) is 4.25. The van der Waals surface area contributed by atoms with Crippen LogP contribution >= 0.6 is 0 Å². The maximum atomic E-state index is 5.63. The van der Waals surface area contributed by atoms with E-state index < -0.39 is 0 Å². The highest BCUT2D eigenvalue weighted by molar-refractivity contribution is 4.93. The summed E-state index contributed by atoms with van der Waals surface area (Å²) in [6.07, 6.45) is 4.50. The van der Waals surface area contributed by atoms with Gasteiger partial charge >= 0.3 is 0 Å². The molecule has 0 aromatic carbocycles. The molecule has 16 heavy (non-hydrogen) atoms. The van der Waals surface area contributed by atoms with Gasteiger partial charge in [0.2, 0.25) is 5.89 Å². The summed E-state index contributed by atoms with van der Waals surface area (Å²) in [5.41, 5.74) is 0. The zero-order chi connectivity index (χ0) is 11.4. The van der Waals surface area contributed by atoms with Gasteiger partial charge in [-0.15, -0.1) is 0 Å². The molecule has 2 unspecified atom stereocenters. The number of aromatic nitrogens is 2. The van der Waals surface area contributed by atoms with Gasteiger partial charge in [-0.05, 0) is 33.2 Å². The topological polar surface area (TPSA) is 60.2 Å². The Kier molecular flexibility index (Phi) is 3.90. The van der Waals surface area contributed by atoms with Crippen LogP contribution in [0.25, 0.3) is 0 Å².